The Bertz CT molecular complexity index is 540. The Labute approximate surface area is 114 Å². The van der Waals surface area contributed by atoms with E-state index in [0.29, 0.717) is 23.2 Å². The normalized spacial score (nSPS) is 15.2. The maximum atomic E-state index is 12.5. The summed E-state index contributed by atoms with van der Waals surface area (Å²) in [6.45, 7) is 6.66. The van der Waals surface area contributed by atoms with Crippen LogP contribution in [0.2, 0.25) is 0 Å². The molecule has 4 N–H and O–H groups in total. The molecular weight excluding hydrogens is 264 g/mol. The fraction of sp³-hybridized carbons (Fsp3) is 0.538. The molecule has 1 rings (SSSR count). The van der Waals surface area contributed by atoms with Gasteiger partial charge in [-0.3, -0.25) is 0 Å². The summed E-state index contributed by atoms with van der Waals surface area (Å²) in [4.78, 5) is 0.231. The van der Waals surface area contributed by atoms with E-state index in [1.165, 1.54) is 0 Å². The summed E-state index contributed by atoms with van der Waals surface area (Å²) in [5.74, 6) is 0. The molecule has 1 atom stereocenters. The molecule has 1 unspecified atom stereocenters. The molecular formula is C13H22N2O3S. The number of nitrogen functional groups attached to an aromatic ring is 1. The van der Waals surface area contributed by atoms with E-state index in [-0.39, 0.29) is 11.5 Å². The maximum Gasteiger partial charge on any atom is 0.241 e. The van der Waals surface area contributed by atoms with Crippen LogP contribution in [0.4, 0.5) is 5.69 Å². The molecule has 0 spiro atoms. The third kappa shape index (κ3) is 3.46. The molecule has 0 saturated heterocycles. The van der Waals surface area contributed by atoms with Crippen LogP contribution in [0.3, 0.4) is 0 Å². The molecule has 0 aliphatic carbocycles. The van der Waals surface area contributed by atoms with Gasteiger partial charge < -0.3 is 10.8 Å². The molecule has 0 saturated carbocycles. The summed E-state index contributed by atoms with van der Waals surface area (Å²) in [5.41, 5.74) is 6.57. The molecule has 19 heavy (non-hydrogen) atoms. The van der Waals surface area contributed by atoms with E-state index in [2.05, 4.69) is 4.72 Å². The van der Waals surface area contributed by atoms with Crippen molar-refractivity contribution in [2.75, 3.05) is 12.3 Å². The van der Waals surface area contributed by atoms with Crippen LogP contribution < -0.4 is 10.5 Å². The maximum absolute atomic E-state index is 12.5. The smallest absolute Gasteiger partial charge is 0.241 e. The van der Waals surface area contributed by atoms with Crippen LogP contribution in [0.5, 0.6) is 0 Å². The number of rotatable bonds is 5. The Morgan fingerprint density at radius 3 is 2.16 bits per heavy atom. The van der Waals surface area contributed by atoms with Crippen LogP contribution in [0.15, 0.2) is 17.0 Å². The SMILES string of the molecule is CCC(C)(CO)NS(=O)(=O)c1c(C)cc(N)cc1C. The molecule has 0 heterocycles. The lowest BCUT2D eigenvalue weighted by atomic mass is 10.0. The van der Waals surface area contributed by atoms with Crippen molar-refractivity contribution in [1.29, 1.82) is 0 Å². The van der Waals surface area contributed by atoms with Gasteiger partial charge in [0, 0.05) is 5.69 Å². The molecule has 0 fully saturated rings. The van der Waals surface area contributed by atoms with Gasteiger partial charge in [-0.2, -0.15) is 0 Å². The van der Waals surface area contributed by atoms with Crippen molar-refractivity contribution in [2.24, 2.45) is 0 Å². The van der Waals surface area contributed by atoms with Crippen LogP contribution in [-0.2, 0) is 10.0 Å². The van der Waals surface area contributed by atoms with Crippen LogP contribution in [0.25, 0.3) is 0 Å². The number of nitrogens with one attached hydrogen (secondary N) is 1. The van der Waals surface area contributed by atoms with E-state index in [0.717, 1.165) is 0 Å². The lowest BCUT2D eigenvalue weighted by Gasteiger charge is -2.27. The summed E-state index contributed by atoms with van der Waals surface area (Å²) < 4.78 is 27.5. The van der Waals surface area contributed by atoms with Crippen molar-refractivity contribution in [3.63, 3.8) is 0 Å². The van der Waals surface area contributed by atoms with Crippen LogP contribution in [-0.4, -0.2) is 25.7 Å². The second-order valence-electron chi connectivity index (χ2n) is 5.16. The number of sulfonamides is 1. The molecule has 0 aromatic heterocycles. The number of aryl methyl sites for hydroxylation is 2. The van der Waals surface area contributed by atoms with E-state index in [1.54, 1.807) is 32.9 Å². The highest BCUT2D eigenvalue weighted by molar-refractivity contribution is 7.89. The van der Waals surface area contributed by atoms with E-state index in [1.807, 2.05) is 6.92 Å². The third-order valence-corrected chi connectivity index (χ3v) is 5.20. The Morgan fingerprint density at radius 1 is 1.32 bits per heavy atom. The molecule has 5 nitrogen and oxygen atoms in total. The van der Waals surface area contributed by atoms with Gasteiger partial charge in [-0.1, -0.05) is 6.92 Å². The van der Waals surface area contributed by atoms with E-state index in [4.69, 9.17) is 5.73 Å². The number of benzene rings is 1. The van der Waals surface area contributed by atoms with Gasteiger partial charge in [0.25, 0.3) is 0 Å². The molecule has 0 amide bonds. The number of aliphatic hydroxyl groups is 1. The van der Waals surface area contributed by atoms with Crippen molar-refractivity contribution in [3.05, 3.63) is 23.3 Å². The minimum Gasteiger partial charge on any atom is -0.399 e. The summed E-state index contributed by atoms with van der Waals surface area (Å²) in [6, 6.07) is 3.26. The largest absolute Gasteiger partial charge is 0.399 e. The van der Waals surface area contributed by atoms with Crippen molar-refractivity contribution in [1.82, 2.24) is 4.72 Å². The van der Waals surface area contributed by atoms with Crippen molar-refractivity contribution in [2.45, 2.75) is 44.6 Å². The standard InChI is InChI=1S/C13H22N2O3S/c1-5-13(4,8-16)15-19(17,18)12-9(2)6-11(14)7-10(12)3/h6-7,15-16H,5,8,14H2,1-4H3. The zero-order valence-corrected chi connectivity index (χ0v) is 12.6. The van der Waals surface area contributed by atoms with Gasteiger partial charge in [-0.15, -0.1) is 0 Å². The Morgan fingerprint density at radius 2 is 1.79 bits per heavy atom. The first-order valence-electron chi connectivity index (χ1n) is 6.17. The topological polar surface area (TPSA) is 92.4 Å². The number of hydrogen-bond donors (Lipinski definition) is 3. The number of anilines is 1. The number of nitrogens with two attached hydrogens (primary N) is 1. The molecule has 0 aliphatic rings. The minimum atomic E-state index is -3.69. The first-order valence-corrected chi connectivity index (χ1v) is 7.65. The monoisotopic (exact) mass is 286 g/mol. The quantitative estimate of drug-likeness (QED) is 0.712. The van der Waals surface area contributed by atoms with Gasteiger partial charge >= 0.3 is 0 Å². The molecule has 6 heteroatoms. The van der Waals surface area contributed by atoms with E-state index in [9.17, 15) is 13.5 Å². The number of aliphatic hydroxyl groups excluding tert-OH is 1. The molecule has 108 valence electrons. The highest BCUT2D eigenvalue weighted by Gasteiger charge is 2.30. The average Bonchev–Trinajstić information content (AvgIpc) is 2.26. The molecule has 1 aromatic rings. The first kappa shape index (κ1) is 15.9. The first-order chi connectivity index (χ1) is 8.65. The fourth-order valence-corrected chi connectivity index (χ4v) is 3.92. The van der Waals surface area contributed by atoms with E-state index < -0.39 is 15.6 Å². The predicted octanol–water partition coefficient (Wildman–Crippen LogP) is 1.32. The molecule has 0 aliphatic heterocycles. The summed E-state index contributed by atoms with van der Waals surface area (Å²) in [7, 11) is -3.69. The van der Waals surface area contributed by atoms with Crippen molar-refractivity contribution in [3.8, 4) is 0 Å². The Hall–Kier alpha value is -1.11. The van der Waals surface area contributed by atoms with Gasteiger partial charge in [-0.25, -0.2) is 13.1 Å². The van der Waals surface area contributed by atoms with Gasteiger partial charge in [0.2, 0.25) is 10.0 Å². The fourth-order valence-electron chi connectivity index (χ4n) is 2.00. The highest BCUT2D eigenvalue weighted by atomic mass is 32.2. The average molecular weight is 286 g/mol. The summed E-state index contributed by atoms with van der Waals surface area (Å²) in [6.07, 6.45) is 0.496. The van der Waals surface area contributed by atoms with Gasteiger partial charge in [0.15, 0.2) is 0 Å². The minimum absolute atomic E-state index is 0.231. The predicted molar refractivity (Wildman–Crippen MR) is 76.4 cm³/mol. The Balaban J connectivity index is 3.29. The molecule has 0 bridgehead atoms. The van der Waals surface area contributed by atoms with Crippen molar-refractivity contribution < 1.29 is 13.5 Å². The lowest BCUT2D eigenvalue weighted by Crippen LogP contribution is -2.48. The zero-order chi connectivity index (χ0) is 14.8. The zero-order valence-electron chi connectivity index (χ0n) is 11.8. The van der Waals surface area contributed by atoms with Crippen LogP contribution in [0, 0.1) is 13.8 Å². The van der Waals surface area contributed by atoms with Gasteiger partial charge in [-0.05, 0) is 50.5 Å². The lowest BCUT2D eigenvalue weighted by molar-refractivity contribution is 0.191. The van der Waals surface area contributed by atoms with Crippen molar-refractivity contribution >= 4 is 15.7 Å². The third-order valence-electron chi connectivity index (χ3n) is 3.26. The van der Waals surface area contributed by atoms with E-state index >= 15 is 0 Å². The van der Waals surface area contributed by atoms with Crippen LogP contribution >= 0.6 is 0 Å². The van der Waals surface area contributed by atoms with Crippen LogP contribution in [0.1, 0.15) is 31.4 Å². The molecule has 1 aromatic carbocycles. The molecule has 0 radical (unpaired) electrons. The second kappa shape index (κ2) is 5.48. The Kier molecular flexibility index (Phi) is 4.60. The summed E-state index contributed by atoms with van der Waals surface area (Å²) in [5, 5.41) is 9.33. The highest BCUT2D eigenvalue weighted by Crippen LogP contribution is 2.24. The van der Waals surface area contributed by atoms with Gasteiger partial charge in [0.05, 0.1) is 17.0 Å². The number of hydrogen-bond acceptors (Lipinski definition) is 4. The summed E-state index contributed by atoms with van der Waals surface area (Å²) >= 11 is 0. The van der Waals surface area contributed by atoms with Gasteiger partial charge in [0.1, 0.15) is 0 Å². The second-order valence-corrected chi connectivity index (χ2v) is 6.78.